The Morgan fingerprint density at radius 3 is 3.00 bits per heavy atom. The van der Waals surface area contributed by atoms with Gasteiger partial charge >= 0.3 is 5.97 Å². The molecule has 2 rings (SSSR count). The maximum atomic E-state index is 11.0. The second kappa shape index (κ2) is 4.77. The topological polar surface area (TPSA) is 104 Å². The molecule has 1 aliphatic heterocycles. The average molecular weight is 236 g/mol. The molecule has 1 unspecified atom stereocenters. The van der Waals surface area contributed by atoms with Crippen LogP contribution >= 0.6 is 0 Å². The van der Waals surface area contributed by atoms with E-state index < -0.39 is 5.97 Å². The fourth-order valence-electron chi connectivity index (χ4n) is 1.60. The van der Waals surface area contributed by atoms with Crippen LogP contribution in [0.4, 0.5) is 5.82 Å². The predicted molar refractivity (Wildman–Crippen MR) is 58.6 cm³/mol. The van der Waals surface area contributed by atoms with Crippen LogP contribution in [0.15, 0.2) is 12.4 Å². The maximum Gasteiger partial charge on any atom is 0.356 e. The third-order valence-electron chi connectivity index (χ3n) is 2.47. The molecular formula is C10H12N4O3. The van der Waals surface area contributed by atoms with Crippen molar-refractivity contribution in [3.63, 3.8) is 0 Å². The highest BCUT2D eigenvalue weighted by molar-refractivity contribution is 5.85. The van der Waals surface area contributed by atoms with Gasteiger partial charge in [0.25, 0.3) is 0 Å². The summed E-state index contributed by atoms with van der Waals surface area (Å²) in [7, 11) is 0. The molecule has 7 nitrogen and oxygen atoms in total. The molecule has 1 aliphatic rings. The van der Waals surface area contributed by atoms with Crippen molar-refractivity contribution in [2.24, 2.45) is 0 Å². The van der Waals surface area contributed by atoms with Gasteiger partial charge in [0.15, 0.2) is 5.69 Å². The van der Waals surface area contributed by atoms with Crippen molar-refractivity contribution in [2.75, 3.05) is 11.9 Å². The van der Waals surface area contributed by atoms with E-state index in [-0.39, 0.29) is 17.6 Å². The summed E-state index contributed by atoms with van der Waals surface area (Å²) in [6.45, 7) is 0.512. The predicted octanol–water partition coefficient (Wildman–Crippen LogP) is -0.135. The van der Waals surface area contributed by atoms with Gasteiger partial charge in [0, 0.05) is 19.0 Å². The number of rotatable bonds is 3. The van der Waals surface area contributed by atoms with Gasteiger partial charge in [-0.3, -0.25) is 9.78 Å². The van der Waals surface area contributed by atoms with Gasteiger partial charge in [-0.25, -0.2) is 9.78 Å². The summed E-state index contributed by atoms with van der Waals surface area (Å²) < 4.78 is 0. The van der Waals surface area contributed by atoms with Crippen LogP contribution in [-0.4, -0.2) is 39.5 Å². The summed E-state index contributed by atoms with van der Waals surface area (Å²) in [5.41, 5.74) is -0.102. The van der Waals surface area contributed by atoms with E-state index in [0.717, 1.165) is 0 Å². The average Bonchev–Trinajstić information content (AvgIpc) is 2.32. The molecule has 0 bridgehead atoms. The van der Waals surface area contributed by atoms with E-state index in [1.165, 1.54) is 12.4 Å². The molecule has 2 heterocycles. The maximum absolute atomic E-state index is 11.0. The zero-order valence-electron chi connectivity index (χ0n) is 9.01. The lowest BCUT2D eigenvalue weighted by Gasteiger charge is -2.23. The summed E-state index contributed by atoms with van der Waals surface area (Å²) in [6, 6.07) is 0.0612. The van der Waals surface area contributed by atoms with Crippen molar-refractivity contribution in [3.8, 4) is 0 Å². The Balaban J connectivity index is 2.01. The van der Waals surface area contributed by atoms with Crippen LogP contribution in [0, 0.1) is 0 Å². The quantitative estimate of drug-likeness (QED) is 0.675. The molecule has 17 heavy (non-hydrogen) atoms. The highest BCUT2D eigenvalue weighted by Gasteiger charge is 2.18. The number of carbonyl (C=O) groups is 2. The first-order valence-corrected chi connectivity index (χ1v) is 5.24. The molecular weight excluding hydrogens is 224 g/mol. The minimum absolute atomic E-state index is 0.0356. The van der Waals surface area contributed by atoms with Crippen LogP contribution in [0.1, 0.15) is 23.3 Å². The number of nitrogens with zero attached hydrogens (tertiary/aromatic N) is 2. The molecule has 0 saturated carbocycles. The Bertz CT molecular complexity index is 439. The minimum atomic E-state index is -1.11. The van der Waals surface area contributed by atoms with Crippen LogP contribution in [0.5, 0.6) is 0 Å². The molecule has 7 heteroatoms. The van der Waals surface area contributed by atoms with Crippen LogP contribution in [0.25, 0.3) is 0 Å². The van der Waals surface area contributed by atoms with E-state index in [1.807, 2.05) is 0 Å². The lowest BCUT2D eigenvalue weighted by atomic mass is 10.1. The van der Waals surface area contributed by atoms with Crippen molar-refractivity contribution < 1.29 is 14.7 Å². The largest absolute Gasteiger partial charge is 0.476 e. The Kier molecular flexibility index (Phi) is 3.17. The Morgan fingerprint density at radius 2 is 2.35 bits per heavy atom. The fraction of sp³-hybridized carbons (Fsp3) is 0.400. The standard InChI is InChI=1S/C10H12N4O3/c15-9-2-1-6(3-12-9)13-8-5-11-4-7(14-8)10(16)17/h4-6H,1-3H2,(H,12,15)(H,13,14)(H,16,17). The first-order chi connectivity index (χ1) is 8.15. The Morgan fingerprint density at radius 1 is 1.53 bits per heavy atom. The number of piperidine rings is 1. The lowest BCUT2D eigenvalue weighted by molar-refractivity contribution is -0.122. The van der Waals surface area contributed by atoms with Gasteiger partial charge in [-0.1, -0.05) is 0 Å². The summed E-state index contributed by atoms with van der Waals surface area (Å²) in [4.78, 5) is 29.4. The van der Waals surface area contributed by atoms with Crippen molar-refractivity contribution in [3.05, 3.63) is 18.1 Å². The number of carboxylic acids is 1. The number of carbonyl (C=O) groups excluding carboxylic acids is 1. The van der Waals surface area contributed by atoms with E-state index in [0.29, 0.717) is 25.2 Å². The lowest BCUT2D eigenvalue weighted by Crippen LogP contribution is -2.42. The summed E-state index contributed by atoms with van der Waals surface area (Å²) in [5, 5.41) is 14.5. The SMILES string of the molecule is O=C1CCC(Nc2cncc(C(=O)O)n2)CN1. The molecule has 0 spiro atoms. The highest BCUT2D eigenvalue weighted by atomic mass is 16.4. The third kappa shape index (κ3) is 2.90. The number of amides is 1. The number of carboxylic acid groups (broad SMARTS) is 1. The zero-order valence-corrected chi connectivity index (χ0v) is 9.01. The second-order valence-corrected chi connectivity index (χ2v) is 3.78. The number of nitrogens with one attached hydrogen (secondary N) is 2. The molecule has 1 fully saturated rings. The third-order valence-corrected chi connectivity index (χ3v) is 2.47. The van der Waals surface area contributed by atoms with Gasteiger partial charge in [-0.05, 0) is 6.42 Å². The molecule has 1 saturated heterocycles. The van der Waals surface area contributed by atoms with Crippen LogP contribution in [-0.2, 0) is 4.79 Å². The molecule has 1 atom stereocenters. The Hall–Kier alpha value is -2.18. The molecule has 1 aromatic heterocycles. The number of hydrogen-bond acceptors (Lipinski definition) is 5. The monoisotopic (exact) mass is 236 g/mol. The van der Waals surface area contributed by atoms with Gasteiger partial charge in [-0.15, -0.1) is 0 Å². The van der Waals surface area contributed by atoms with Crippen molar-refractivity contribution in [1.29, 1.82) is 0 Å². The Labute approximate surface area is 97.3 Å². The molecule has 1 aromatic rings. The van der Waals surface area contributed by atoms with Crippen LogP contribution < -0.4 is 10.6 Å². The summed E-state index contributed by atoms with van der Waals surface area (Å²) in [5.74, 6) is -0.669. The number of anilines is 1. The van der Waals surface area contributed by atoms with Crippen molar-refractivity contribution in [1.82, 2.24) is 15.3 Å². The second-order valence-electron chi connectivity index (χ2n) is 3.78. The van der Waals surface area contributed by atoms with Gasteiger partial charge in [0.05, 0.1) is 12.4 Å². The highest BCUT2D eigenvalue weighted by Crippen LogP contribution is 2.10. The first kappa shape index (κ1) is 11.3. The fourth-order valence-corrected chi connectivity index (χ4v) is 1.60. The molecule has 1 amide bonds. The van der Waals surface area contributed by atoms with E-state index in [9.17, 15) is 9.59 Å². The first-order valence-electron chi connectivity index (χ1n) is 5.24. The van der Waals surface area contributed by atoms with E-state index in [1.54, 1.807) is 0 Å². The molecule has 0 aliphatic carbocycles. The zero-order chi connectivity index (χ0) is 12.3. The van der Waals surface area contributed by atoms with Gasteiger partial charge in [-0.2, -0.15) is 0 Å². The molecule has 90 valence electrons. The number of aromatic carboxylic acids is 1. The number of hydrogen-bond donors (Lipinski definition) is 3. The summed E-state index contributed by atoms with van der Waals surface area (Å²) >= 11 is 0. The van der Waals surface area contributed by atoms with Gasteiger partial charge in [0.2, 0.25) is 5.91 Å². The molecule has 0 radical (unpaired) electrons. The van der Waals surface area contributed by atoms with E-state index in [4.69, 9.17) is 5.11 Å². The van der Waals surface area contributed by atoms with Gasteiger partial charge in [0.1, 0.15) is 5.82 Å². The molecule has 0 aromatic carbocycles. The van der Waals surface area contributed by atoms with Gasteiger partial charge < -0.3 is 15.7 Å². The van der Waals surface area contributed by atoms with Crippen molar-refractivity contribution in [2.45, 2.75) is 18.9 Å². The normalized spacial score (nSPS) is 19.5. The van der Waals surface area contributed by atoms with Crippen molar-refractivity contribution >= 4 is 17.7 Å². The minimum Gasteiger partial charge on any atom is -0.476 e. The number of aromatic nitrogens is 2. The molecule has 3 N–H and O–H groups in total. The van der Waals surface area contributed by atoms with Crippen LogP contribution in [0.3, 0.4) is 0 Å². The summed E-state index contributed by atoms with van der Waals surface area (Å²) in [6.07, 6.45) is 3.81. The smallest absolute Gasteiger partial charge is 0.356 e. The van der Waals surface area contributed by atoms with E-state index >= 15 is 0 Å². The van der Waals surface area contributed by atoms with E-state index in [2.05, 4.69) is 20.6 Å². The van der Waals surface area contributed by atoms with Crippen LogP contribution in [0.2, 0.25) is 0 Å².